The van der Waals surface area contributed by atoms with Gasteiger partial charge in [0.1, 0.15) is 0 Å². The molecule has 0 saturated carbocycles. The lowest BCUT2D eigenvalue weighted by atomic mass is 10.0. The molecule has 0 spiro atoms. The lowest BCUT2D eigenvalue weighted by molar-refractivity contribution is -0.0266. The Hall–Kier alpha value is -1.14. The molecule has 0 amide bonds. The molecule has 1 N–H and O–H groups in total. The van der Waals surface area contributed by atoms with Crippen LogP contribution in [0.25, 0.3) is 0 Å². The predicted octanol–water partition coefficient (Wildman–Crippen LogP) is 2.14. The first-order chi connectivity index (χ1) is 12.2. The third-order valence-electron chi connectivity index (χ3n) is 5.38. The number of hydrogen-bond donors (Lipinski definition) is 1. The van der Waals surface area contributed by atoms with Crippen molar-refractivity contribution < 1.29 is 14.6 Å². The molecule has 0 aromatic heterocycles. The lowest BCUT2D eigenvalue weighted by Gasteiger charge is -2.38. The summed E-state index contributed by atoms with van der Waals surface area (Å²) >= 11 is 0. The largest absolute Gasteiger partial charge is 0.389 e. The van der Waals surface area contributed by atoms with E-state index in [1.807, 2.05) is 0 Å². The lowest BCUT2D eigenvalue weighted by Crippen LogP contribution is -2.46. The molecule has 0 radical (unpaired) electrons. The highest BCUT2D eigenvalue weighted by molar-refractivity contribution is 5.46. The van der Waals surface area contributed by atoms with Gasteiger partial charge in [-0.1, -0.05) is 18.2 Å². The summed E-state index contributed by atoms with van der Waals surface area (Å²) in [5.41, 5.74) is 1.28. The molecule has 0 bridgehead atoms. The van der Waals surface area contributed by atoms with Crippen LogP contribution in [0.5, 0.6) is 0 Å². The van der Waals surface area contributed by atoms with Crippen LogP contribution in [0.2, 0.25) is 0 Å². The molecule has 2 fully saturated rings. The fourth-order valence-corrected chi connectivity index (χ4v) is 3.83. The second kappa shape index (κ2) is 9.53. The van der Waals surface area contributed by atoms with Crippen LogP contribution in [0.1, 0.15) is 25.7 Å². The van der Waals surface area contributed by atoms with E-state index < -0.39 is 6.10 Å². The number of aliphatic hydroxyl groups excluding tert-OH is 1. The van der Waals surface area contributed by atoms with Crippen LogP contribution in [0.15, 0.2) is 30.3 Å². The van der Waals surface area contributed by atoms with E-state index >= 15 is 0 Å². The van der Waals surface area contributed by atoms with Gasteiger partial charge in [-0.3, -0.25) is 0 Å². The first-order valence-corrected chi connectivity index (χ1v) is 9.60. The van der Waals surface area contributed by atoms with Gasteiger partial charge in [0.05, 0.1) is 25.4 Å². The van der Waals surface area contributed by atoms with Gasteiger partial charge in [0.2, 0.25) is 0 Å². The number of likely N-dealkylation sites (tertiary alicyclic amines) is 1. The van der Waals surface area contributed by atoms with E-state index in [1.54, 1.807) is 0 Å². The molecule has 0 aliphatic carbocycles. The van der Waals surface area contributed by atoms with Crippen LogP contribution < -0.4 is 4.90 Å². The van der Waals surface area contributed by atoms with Crippen LogP contribution in [0, 0.1) is 0 Å². The van der Waals surface area contributed by atoms with Gasteiger partial charge in [0, 0.05) is 45.0 Å². The maximum absolute atomic E-state index is 10.2. The Morgan fingerprint density at radius 2 is 2.00 bits per heavy atom. The summed E-state index contributed by atoms with van der Waals surface area (Å²) in [7, 11) is 2.18. The zero-order valence-electron chi connectivity index (χ0n) is 15.3. The van der Waals surface area contributed by atoms with Crippen molar-refractivity contribution in [1.29, 1.82) is 0 Å². The average molecular weight is 348 g/mol. The van der Waals surface area contributed by atoms with E-state index in [0.717, 1.165) is 45.4 Å². The molecule has 1 aromatic carbocycles. The zero-order chi connectivity index (χ0) is 17.5. The van der Waals surface area contributed by atoms with Crippen LogP contribution >= 0.6 is 0 Å². The topological polar surface area (TPSA) is 45.2 Å². The molecule has 5 heteroatoms. The molecule has 140 valence electrons. The van der Waals surface area contributed by atoms with E-state index in [-0.39, 0.29) is 6.10 Å². The Morgan fingerprint density at radius 1 is 1.24 bits per heavy atom. The van der Waals surface area contributed by atoms with Gasteiger partial charge in [-0.05, 0) is 37.8 Å². The van der Waals surface area contributed by atoms with Crippen molar-refractivity contribution in [2.45, 2.75) is 43.9 Å². The Morgan fingerprint density at radius 3 is 2.68 bits per heavy atom. The van der Waals surface area contributed by atoms with Crippen LogP contribution in [0.4, 0.5) is 5.69 Å². The van der Waals surface area contributed by atoms with Gasteiger partial charge in [0.25, 0.3) is 0 Å². The highest BCUT2D eigenvalue weighted by atomic mass is 16.5. The number of hydrogen-bond acceptors (Lipinski definition) is 5. The van der Waals surface area contributed by atoms with E-state index in [4.69, 9.17) is 9.47 Å². The van der Waals surface area contributed by atoms with Gasteiger partial charge in [-0.15, -0.1) is 0 Å². The smallest absolute Gasteiger partial charge is 0.0900 e. The van der Waals surface area contributed by atoms with Gasteiger partial charge < -0.3 is 24.4 Å². The fourth-order valence-electron chi connectivity index (χ4n) is 3.83. The van der Waals surface area contributed by atoms with E-state index in [1.165, 1.54) is 5.69 Å². The van der Waals surface area contributed by atoms with E-state index in [2.05, 4.69) is 47.2 Å². The fraction of sp³-hybridized carbons (Fsp3) is 0.700. The normalized spacial score (nSPS) is 23.7. The summed E-state index contributed by atoms with van der Waals surface area (Å²) < 4.78 is 11.2. The minimum Gasteiger partial charge on any atom is -0.389 e. The molecule has 2 heterocycles. The monoisotopic (exact) mass is 348 g/mol. The molecule has 2 unspecified atom stereocenters. The van der Waals surface area contributed by atoms with Crippen molar-refractivity contribution in [2.24, 2.45) is 0 Å². The Bertz CT molecular complexity index is 485. The van der Waals surface area contributed by atoms with Gasteiger partial charge in [0.15, 0.2) is 0 Å². The molecule has 2 aliphatic rings. The highest BCUT2D eigenvalue weighted by Gasteiger charge is 2.24. The number of benzene rings is 1. The van der Waals surface area contributed by atoms with Crippen molar-refractivity contribution in [3.8, 4) is 0 Å². The summed E-state index contributed by atoms with van der Waals surface area (Å²) in [5.74, 6) is 0. The Kier molecular flexibility index (Phi) is 7.11. The first kappa shape index (κ1) is 18.6. The van der Waals surface area contributed by atoms with Crippen LogP contribution in [-0.4, -0.2) is 74.8 Å². The average Bonchev–Trinajstić information content (AvgIpc) is 3.16. The minimum absolute atomic E-state index is 0.233. The summed E-state index contributed by atoms with van der Waals surface area (Å²) in [6, 6.07) is 11.2. The second-order valence-electron chi connectivity index (χ2n) is 7.30. The highest BCUT2D eigenvalue weighted by Crippen LogP contribution is 2.22. The Balaban J connectivity index is 1.33. The Labute approximate surface area is 151 Å². The molecule has 25 heavy (non-hydrogen) atoms. The maximum Gasteiger partial charge on any atom is 0.0900 e. The number of β-amino-alcohol motifs (C(OH)–C–C–N with tert-alkyl or cyclic N) is 1. The first-order valence-electron chi connectivity index (χ1n) is 9.60. The molecule has 3 rings (SSSR count). The number of rotatable bonds is 8. The SMILES string of the molecule is CN(c1ccccc1)C1CCN(CC(O)COCC2CCCO2)CC1. The maximum atomic E-state index is 10.2. The number of ether oxygens (including phenoxy) is 2. The quantitative estimate of drug-likeness (QED) is 0.780. The standard InChI is InChI=1S/C20H32N2O3/c1-21(17-6-3-2-4-7-17)18-9-11-22(12-10-18)14-19(23)15-24-16-20-8-5-13-25-20/h2-4,6-7,18-20,23H,5,8-16H2,1H3. The van der Waals surface area contributed by atoms with Gasteiger partial charge in [-0.25, -0.2) is 0 Å². The van der Waals surface area contributed by atoms with Gasteiger partial charge >= 0.3 is 0 Å². The number of anilines is 1. The van der Waals surface area contributed by atoms with Crippen LogP contribution in [0.3, 0.4) is 0 Å². The number of nitrogens with zero attached hydrogens (tertiary/aromatic N) is 2. The van der Waals surface area contributed by atoms with E-state index in [0.29, 0.717) is 25.8 Å². The third-order valence-corrected chi connectivity index (χ3v) is 5.38. The minimum atomic E-state index is -0.412. The van der Waals surface area contributed by atoms with Crippen molar-refractivity contribution in [2.75, 3.05) is 51.4 Å². The molecular formula is C20H32N2O3. The third kappa shape index (κ3) is 5.68. The van der Waals surface area contributed by atoms with E-state index in [9.17, 15) is 5.11 Å². The van der Waals surface area contributed by atoms with Crippen molar-refractivity contribution >= 4 is 5.69 Å². The molecule has 2 atom stereocenters. The summed E-state index contributed by atoms with van der Waals surface area (Å²) in [6.07, 6.45) is 4.30. The van der Waals surface area contributed by atoms with Gasteiger partial charge in [-0.2, -0.15) is 0 Å². The summed E-state index contributed by atoms with van der Waals surface area (Å²) in [4.78, 5) is 4.74. The molecule has 1 aromatic rings. The molecular weight excluding hydrogens is 316 g/mol. The van der Waals surface area contributed by atoms with Crippen molar-refractivity contribution in [1.82, 2.24) is 4.90 Å². The number of piperidine rings is 1. The molecule has 2 saturated heterocycles. The van der Waals surface area contributed by atoms with Crippen molar-refractivity contribution in [3.05, 3.63) is 30.3 Å². The second-order valence-corrected chi connectivity index (χ2v) is 7.30. The predicted molar refractivity (Wildman–Crippen MR) is 100 cm³/mol. The summed E-state index contributed by atoms with van der Waals surface area (Å²) in [5, 5.41) is 10.2. The zero-order valence-corrected chi connectivity index (χ0v) is 15.3. The van der Waals surface area contributed by atoms with Crippen molar-refractivity contribution in [3.63, 3.8) is 0 Å². The number of aliphatic hydroxyl groups is 1. The summed E-state index contributed by atoms with van der Waals surface area (Å²) in [6.45, 7) is 4.64. The van der Waals surface area contributed by atoms with Crippen LogP contribution in [-0.2, 0) is 9.47 Å². The number of para-hydroxylation sites is 1. The molecule has 5 nitrogen and oxygen atoms in total. The molecule has 2 aliphatic heterocycles.